The number of nitrogens with zero attached hydrogens (tertiary/aromatic N) is 3. The number of benzene rings is 1. The summed E-state index contributed by atoms with van der Waals surface area (Å²) in [5, 5.41) is 0.432. The number of amides is 1. The molecule has 3 rings (SSSR count). The van der Waals surface area contributed by atoms with Crippen molar-refractivity contribution in [1.29, 1.82) is 0 Å². The van der Waals surface area contributed by atoms with E-state index in [-0.39, 0.29) is 18.0 Å². The number of aromatic amines is 1. The fourth-order valence-electron chi connectivity index (χ4n) is 3.96. The van der Waals surface area contributed by atoms with Crippen LogP contribution in [0, 0.1) is 0 Å². The first-order valence-corrected chi connectivity index (χ1v) is 10.9. The molecule has 0 saturated heterocycles. The van der Waals surface area contributed by atoms with Crippen molar-refractivity contribution in [3.05, 3.63) is 40.1 Å². The fraction of sp³-hybridized carbons (Fsp3) is 0.522. The van der Waals surface area contributed by atoms with Crippen molar-refractivity contribution in [2.45, 2.75) is 46.1 Å². The number of hydrogen-bond acceptors (Lipinski definition) is 6. The lowest BCUT2D eigenvalue weighted by molar-refractivity contribution is -0.130. The number of hydrogen-bond donors (Lipinski definition) is 1. The molecule has 0 saturated carbocycles. The Hall–Kier alpha value is -2.87. The number of carbonyl (C=O) groups is 1. The molecule has 1 heterocycles. The van der Waals surface area contributed by atoms with Gasteiger partial charge in [-0.25, -0.2) is 4.98 Å². The highest BCUT2D eigenvalue weighted by molar-refractivity contribution is 5.82. The number of likely N-dealkylation sites (N-methyl/N-ethyl adjacent to an activating group) is 2. The predicted molar refractivity (Wildman–Crippen MR) is 120 cm³/mol. The van der Waals surface area contributed by atoms with Gasteiger partial charge in [-0.2, -0.15) is 0 Å². The minimum absolute atomic E-state index is 0.0760. The number of rotatable bonds is 9. The maximum Gasteiger partial charge on any atom is 0.258 e. The third-order valence-electron chi connectivity index (χ3n) is 5.67. The molecule has 31 heavy (non-hydrogen) atoms. The van der Waals surface area contributed by atoms with E-state index in [1.165, 1.54) is 13.5 Å². The topological polar surface area (TPSA) is 87.8 Å². The van der Waals surface area contributed by atoms with E-state index in [1.807, 2.05) is 23.6 Å². The molecule has 1 aliphatic rings. The van der Waals surface area contributed by atoms with E-state index >= 15 is 0 Å². The molecule has 0 fully saturated rings. The number of nitrogens with one attached hydrogen (secondary N) is 1. The van der Waals surface area contributed by atoms with E-state index in [2.05, 4.69) is 16.0 Å². The van der Waals surface area contributed by atoms with Crippen LogP contribution >= 0.6 is 0 Å². The van der Waals surface area contributed by atoms with Gasteiger partial charge in [0, 0.05) is 18.3 Å². The molecule has 0 bridgehead atoms. The molecule has 1 aromatic carbocycles. The van der Waals surface area contributed by atoms with E-state index in [0.29, 0.717) is 47.9 Å². The zero-order chi connectivity index (χ0) is 22.4. The number of allylic oxidation sites excluding steroid dienone is 2. The average Bonchev–Trinajstić information content (AvgIpc) is 2.79. The van der Waals surface area contributed by atoms with E-state index in [1.54, 1.807) is 19.2 Å². The summed E-state index contributed by atoms with van der Waals surface area (Å²) in [6.45, 7) is 5.98. The molecular formula is C23H32N4O4. The summed E-state index contributed by atoms with van der Waals surface area (Å²) in [5.41, 5.74) is 1.42. The molecule has 8 heteroatoms. The lowest BCUT2D eigenvalue weighted by Crippen LogP contribution is -2.40. The molecule has 1 amide bonds. The fourth-order valence-corrected chi connectivity index (χ4v) is 3.96. The number of ether oxygens (including phenoxy) is 2. The van der Waals surface area contributed by atoms with Crippen molar-refractivity contribution in [1.82, 2.24) is 19.8 Å². The second-order valence-electron chi connectivity index (χ2n) is 7.62. The molecule has 0 atom stereocenters. The molecule has 0 aliphatic heterocycles. The Morgan fingerprint density at radius 2 is 1.87 bits per heavy atom. The number of carbonyl (C=O) groups excluding carboxylic acids is 1. The van der Waals surface area contributed by atoms with Gasteiger partial charge in [0.05, 0.1) is 38.2 Å². The van der Waals surface area contributed by atoms with Gasteiger partial charge in [0.15, 0.2) is 11.5 Å². The smallest absolute Gasteiger partial charge is 0.258 e. The van der Waals surface area contributed by atoms with Gasteiger partial charge < -0.3 is 19.4 Å². The van der Waals surface area contributed by atoms with Crippen molar-refractivity contribution in [3.8, 4) is 11.5 Å². The van der Waals surface area contributed by atoms with Gasteiger partial charge in [-0.3, -0.25) is 14.5 Å². The van der Waals surface area contributed by atoms with Gasteiger partial charge >= 0.3 is 0 Å². The molecule has 8 nitrogen and oxygen atoms in total. The molecule has 1 N–H and O–H groups in total. The summed E-state index contributed by atoms with van der Waals surface area (Å²) in [6.07, 6.45) is 6.49. The van der Waals surface area contributed by atoms with Crippen molar-refractivity contribution in [2.24, 2.45) is 0 Å². The van der Waals surface area contributed by atoms with Crippen LogP contribution in [0.5, 0.6) is 11.5 Å². The predicted octanol–water partition coefficient (Wildman–Crippen LogP) is 3.07. The average molecular weight is 429 g/mol. The second kappa shape index (κ2) is 10.4. The molecule has 0 spiro atoms. The van der Waals surface area contributed by atoms with E-state index in [9.17, 15) is 9.59 Å². The van der Waals surface area contributed by atoms with Gasteiger partial charge in [-0.1, -0.05) is 13.0 Å². The zero-order valence-electron chi connectivity index (χ0n) is 18.9. The van der Waals surface area contributed by atoms with Crippen molar-refractivity contribution >= 4 is 16.8 Å². The minimum atomic E-state index is -0.245. The standard InChI is InChI=1S/C23H32N4O4/c1-5-26(15-22(28)27(6-2)16-10-8-7-9-11-16)14-21-24-18-13-20(31-4)19(30-3)12-17(18)23(29)25-21/h10,12-13H,5-9,11,14-15H2,1-4H3,(H,24,25,29). The van der Waals surface area contributed by atoms with Crippen LogP contribution in [0.4, 0.5) is 0 Å². The second-order valence-corrected chi connectivity index (χ2v) is 7.62. The van der Waals surface area contributed by atoms with Crippen molar-refractivity contribution in [3.63, 3.8) is 0 Å². The van der Waals surface area contributed by atoms with Crippen LogP contribution in [0.3, 0.4) is 0 Å². The monoisotopic (exact) mass is 428 g/mol. The lowest BCUT2D eigenvalue weighted by Gasteiger charge is -2.29. The van der Waals surface area contributed by atoms with Gasteiger partial charge in [-0.05, 0) is 45.2 Å². The molecule has 1 aromatic heterocycles. The Morgan fingerprint density at radius 1 is 1.13 bits per heavy atom. The SMILES string of the molecule is CCN(CC(=O)N(CC)C1=CCCCC1)Cc1nc2cc(OC)c(OC)cc2c(=O)[nH]1. The molecule has 2 aromatic rings. The Morgan fingerprint density at radius 3 is 2.48 bits per heavy atom. The molecule has 1 aliphatic carbocycles. The molecule has 0 radical (unpaired) electrons. The quantitative estimate of drug-likeness (QED) is 0.660. The Kier molecular flexibility index (Phi) is 7.68. The highest BCUT2D eigenvalue weighted by Gasteiger charge is 2.21. The summed E-state index contributed by atoms with van der Waals surface area (Å²) in [5.74, 6) is 1.58. The lowest BCUT2D eigenvalue weighted by atomic mass is 10.0. The normalized spacial score (nSPS) is 13.9. The van der Waals surface area contributed by atoms with Crippen LogP contribution in [0.15, 0.2) is 28.7 Å². The Bertz CT molecular complexity index is 1010. The van der Waals surface area contributed by atoms with Crippen molar-refractivity contribution < 1.29 is 14.3 Å². The highest BCUT2D eigenvalue weighted by atomic mass is 16.5. The van der Waals surface area contributed by atoms with E-state index < -0.39 is 0 Å². The van der Waals surface area contributed by atoms with Gasteiger partial charge in [-0.15, -0.1) is 0 Å². The summed E-state index contributed by atoms with van der Waals surface area (Å²) < 4.78 is 10.6. The Balaban J connectivity index is 1.80. The number of fused-ring (bicyclic) bond motifs is 1. The maximum absolute atomic E-state index is 13.0. The maximum atomic E-state index is 13.0. The first kappa shape index (κ1) is 22.8. The summed E-state index contributed by atoms with van der Waals surface area (Å²) in [6, 6.07) is 3.32. The third kappa shape index (κ3) is 5.25. The minimum Gasteiger partial charge on any atom is -0.493 e. The van der Waals surface area contributed by atoms with Crippen LogP contribution in [0.25, 0.3) is 10.9 Å². The van der Waals surface area contributed by atoms with Crippen LogP contribution in [0.1, 0.15) is 45.4 Å². The molecule has 0 unspecified atom stereocenters. The first-order chi connectivity index (χ1) is 15.0. The van der Waals surface area contributed by atoms with Crippen LogP contribution in [-0.4, -0.2) is 59.5 Å². The van der Waals surface area contributed by atoms with E-state index in [4.69, 9.17) is 9.47 Å². The zero-order valence-corrected chi connectivity index (χ0v) is 18.9. The summed E-state index contributed by atoms with van der Waals surface area (Å²) in [7, 11) is 3.07. The van der Waals surface area contributed by atoms with Crippen LogP contribution in [0.2, 0.25) is 0 Å². The molecular weight excluding hydrogens is 396 g/mol. The number of methoxy groups -OCH3 is 2. The van der Waals surface area contributed by atoms with Crippen LogP contribution in [-0.2, 0) is 11.3 Å². The Labute approximate surface area is 182 Å². The van der Waals surface area contributed by atoms with Gasteiger partial charge in [0.1, 0.15) is 5.82 Å². The van der Waals surface area contributed by atoms with Crippen molar-refractivity contribution in [2.75, 3.05) is 33.9 Å². The van der Waals surface area contributed by atoms with Gasteiger partial charge in [0.2, 0.25) is 5.91 Å². The number of H-pyrrole nitrogens is 1. The largest absolute Gasteiger partial charge is 0.493 e. The molecule has 168 valence electrons. The summed E-state index contributed by atoms with van der Waals surface area (Å²) >= 11 is 0. The third-order valence-corrected chi connectivity index (χ3v) is 5.67. The van der Waals surface area contributed by atoms with Crippen LogP contribution < -0.4 is 15.0 Å². The van der Waals surface area contributed by atoms with E-state index in [0.717, 1.165) is 25.0 Å². The first-order valence-electron chi connectivity index (χ1n) is 10.9. The highest BCUT2D eigenvalue weighted by Crippen LogP contribution is 2.30. The number of aromatic nitrogens is 2. The summed E-state index contributed by atoms with van der Waals surface area (Å²) in [4.78, 5) is 36.9. The van der Waals surface area contributed by atoms with Gasteiger partial charge in [0.25, 0.3) is 5.56 Å².